The Labute approximate surface area is 204 Å². The molecule has 3 aromatic rings. The van der Waals surface area contributed by atoms with E-state index < -0.39 is 31.4 Å². The summed E-state index contributed by atoms with van der Waals surface area (Å²) in [5, 5.41) is 0. The fraction of sp³-hybridized carbons (Fsp3) is 0.222. The quantitative estimate of drug-likeness (QED) is 0.371. The van der Waals surface area contributed by atoms with E-state index in [1.807, 2.05) is 66.7 Å². The maximum absolute atomic E-state index is 13.7. The summed E-state index contributed by atoms with van der Waals surface area (Å²) in [5.74, 6) is -0.722. The number of piperidine rings is 1. The maximum atomic E-state index is 13.7. The molecule has 2 heterocycles. The van der Waals surface area contributed by atoms with E-state index in [0.29, 0.717) is 24.9 Å². The second-order valence-corrected chi connectivity index (χ2v) is 11.2. The average molecular weight is 519 g/mol. The Morgan fingerprint density at radius 1 is 0.912 bits per heavy atom. The SMILES string of the molecule is O=C(c1ccccc1)N1C(=O)N2CC1CCC2([Se]c1ccccc1)C(=O)OCc1ccccc1. The molecule has 2 bridgehead atoms. The van der Waals surface area contributed by atoms with Crippen molar-refractivity contribution in [3.05, 3.63) is 102 Å². The van der Waals surface area contributed by atoms with Gasteiger partial charge in [0.15, 0.2) is 0 Å². The molecule has 0 aromatic heterocycles. The van der Waals surface area contributed by atoms with Crippen molar-refractivity contribution in [1.82, 2.24) is 9.80 Å². The van der Waals surface area contributed by atoms with E-state index in [4.69, 9.17) is 4.74 Å². The number of hydrogen-bond donors (Lipinski definition) is 0. The van der Waals surface area contributed by atoms with Crippen molar-refractivity contribution in [2.45, 2.75) is 29.9 Å². The van der Waals surface area contributed by atoms with Gasteiger partial charge >= 0.3 is 205 Å². The van der Waals surface area contributed by atoms with Crippen LogP contribution in [-0.4, -0.2) is 59.7 Å². The number of ether oxygens (including phenoxy) is 1. The normalized spacial score (nSPS) is 21.4. The molecule has 2 aliphatic rings. The monoisotopic (exact) mass is 520 g/mol. The first kappa shape index (κ1) is 22.4. The van der Waals surface area contributed by atoms with Crippen molar-refractivity contribution in [3.63, 3.8) is 0 Å². The molecule has 2 fully saturated rings. The first-order valence-corrected chi connectivity index (χ1v) is 13.0. The van der Waals surface area contributed by atoms with Crippen LogP contribution in [0.25, 0.3) is 0 Å². The summed E-state index contributed by atoms with van der Waals surface area (Å²) in [7, 11) is 0. The Balaban J connectivity index is 1.45. The average Bonchev–Trinajstić information content (AvgIpc) is 3.17. The number of imide groups is 1. The zero-order valence-electron chi connectivity index (χ0n) is 18.5. The first-order valence-electron chi connectivity index (χ1n) is 11.2. The van der Waals surface area contributed by atoms with Crippen LogP contribution in [0.15, 0.2) is 91.0 Å². The summed E-state index contributed by atoms with van der Waals surface area (Å²) in [6.45, 7) is 0.483. The molecule has 7 heteroatoms. The van der Waals surface area contributed by atoms with E-state index in [9.17, 15) is 14.4 Å². The molecule has 0 N–H and O–H groups in total. The molecule has 172 valence electrons. The molecular formula is C27H24N2O4Se. The van der Waals surface area contributed by atoms with E-state index in [0.717, 1.165) is 10.0 Å². The van der Waals surface area contributed by atoms with Gasteiger partial charge in [0.1, 0.15) is 0 Å². The number of rotatable bonds is 6. The molecule has 0 spiro atoms. The number of esters is 1. The Hall–Kier alpha value is -3.41. The zero-order valence-corrected chi connectivity index (χ0v) is 20.2. The molecule has 2 saturated heterocycles. The van der Waals surface area contributed by atoms with Crippen LogP contribution in [0.1, 0.15) is 28.8 Å². The summed E-state index contributed by atoms with van der Waals surface area (Å²) in [6.07, 6.45) is 1.03. The van der Waals surface area contributed by atoms with Crippen LogP contribution < -0.4 is 4.46 Å². The summed E-state index contributed by atoms with van der Waals surface area (Å²) >= 11 is -0.394. The van der Waals surface area contributed by atoms with Gasteiger partial charge in [0.25, 0.3) is 0 Å². The third kappa shape index (κ3) is 4.13. The molecule has 3 aromatic carbocycles. The summed E-state index contributed by atoms with van der Waals surface area (Å²) in [5.41, 5.74) is 1.36. The number of carbonyl (C=O) groups is 3. The minimum absolute atomic E-state index is 0.143. The van der Waals surface area contributed by atoms with Crippen LogP contribution in [0.2, 0.25) is 0 Å². The van der Waals surface area contributed by atoms with Crippen LogP contribution in [0.5, 0.6) is 0 Å². The fourth-order valence-corrected chi connectivity index (χ4v) is 7.27. The molecule has 34 heavy (non-hydrogen) atoms. The van der Waals surface area contributed by atoms with Crippen molar-refractivity contribution in [3.8, 4) is 0 Å². The predicted molar refractivity (Wildman–Crippen MR) is 129 cm³/mol. The molecule has 2 aliphatic heterocycles. The van der Waals surface area contributed by atoms with Gasteiger partial charge in [-0.3, -0.25) is 0 Å². The molecule has 2 unspecified atom stereocenters. The van der Waals surface area contributed by atoms with Gasteiger partial charge in [-0.15, -0.1) is 0 Å². The second-order valence-electron chi connectivity index (χ2n) is 8.39. The van der Waals surface area contributed by atoms with E-state index >= 15 is 0 Å². The Kier molecular flexibility index (Phi) is 6.22. The third-order valence-corrected chi connectivity index (χ3v) is 9.26. The molecule has 5 rings (SSSR count). The van der Waals surface area contributed by atoms with Gasteiger partial charge in [0.05, 0.1) is 0 Å². The number of hydrogen-bond acceptors (Lipinski definition) is 4. The van der Waals surface area contributed by atoms with Gasteiger partial charge < -0.3 is 0 Å². The number of urea groups is 1. The van der Waals surface area contributed by atoms with Crippen molar-refractivity contribution >= 4 is 37.3 Å². The van der Waals surface area contributed by atoms with Gasteiger partial charge in [0, 0.05) is 0 Å². The van der Waals surface area contributed by atoms with Crippen LogP contribution in [0.3, 0.4) is 0 Å². The minimum atomic E-state index is -1.09. The van der Waals surface area contributed by atoms with Gasteiger partial charge in [-0.2, -0.15) is 0 Å². The summed E-state index contributed by atoms with van der Waals surface area (Å²) in [4.78, 5) is 43.4. The number of amides is 3. The van der Waals surface area contributed by atoms with Gasteiger partial charge in [-0.25, -0.2) is 0 Å². The standard InChI is InChI=1S/C27H24N2O4Se/c30-24(21-12-6-2-7-13-21)29-22-16-17-27(28(18-22)26(29)32,34-23-14-8-3-9-15-23)25(31)33-19-20-10-4-1-5-11-20/h1-15,22H,16-19H2. The van der Waals surface area contributed by atoms with Crippen LogP contribution >= 0.6 is 0 Å². The molecule has 0 aliphatic carbocycles. The zero-order chi connectivity index (χ0) is 23.5. The van der Waals surface area contributed by atoms with Gasteiger partial charge in [0.2, 0.25) is 0 Å². The van der Waals surface area contributed by atoms with E-state index in [1.165, 1.54) is 4.90 Å². The fourth-order valence-electron chi connectivity index (χ4n) is 4.53. The molecule has 3 amide bonds. The number of carbonyl (C=O) groups excluding carboxylic acids is 3. The summed E-state index contributed by atoms with van der Waals surface area (Å²) in [6, 6.07) is 27.4. The van der Waals surface area contributed by atoms with Crippen LogP contribution in [0, 0.1) is 0 Å². The van der Waals surface area contributed by atoms with E-state index in [1.54, 1.807) is 29.2 Å². The molecule has 0 radical (unpaired) electrons. The summed E-state index contributed by atoms with van der Waals surface area (Å²) < 4.78 is 5.71. The van der Waals surface area contributed by atoms with Crippen LogP contribution in [0.4, 0.5) is 4.79 Å². The third-order valence-electron chi connectivity index (χ3n) is 6.25. The number of fused-ring (bicyclic) bond motifs is 2. The molecule has 2 atom stereocenters. The van der Waals surface area contributed by atoms with Gasteiger partial charge in [-0.05, 0) is 0 Å². The topological polar surface area (TPSA) is 66.9 Å². The van der Waals surface area contributed by atoms with Crippen molar-refractivity contribution in [2.75, 3.05) is 6.54 Å². The number of nitrogens with zero attached hydrogens (tertiary/aromatic N) is 2. The Bertz CT molecular complexity index is 1190. The van der Waals surface area contributed by atoms with E-state index in [-0.39, 0.29) is 18.6 Å². The van der Waals surface area contributed by atoms with Crippen LogP contribution in [-0.2, 0) is 16.1 Å². The molecule has 6 nitrogen and oxygen atoms in total. The van der Waals surface area contributed by atoms with Gasteiger partial charge in [-0.1, -0.05) is 0 Å². The molecule has 0 saturated carbocycles. The Morgan fingerprint density at radius 2 is 1.53 bits per heavy atom. The van der Waals surface area contributed by atoms with E-state index in [2.05, 4.69) is 0 Å². The number of benzene rings is 3. The van der Waals surface area contributed by atoms with Crippen molar-refractivity contribution in [2.24, 2.45) is 0 Å². The van der Waals surface area contributed by atoms with Crippen molar-refractivity contribution < 1.29 is 19.1 Å². The first-order chi connectivity index (χ1) is 16.6. The predicted octanol–water partition coefficient (Wildman–Crippen LogP) is 3.20. The molecular weight excluding hydrogens is 495 g/mol. The van der Waals surface area contributed by atoms with Crippen molar-refractivity contribution in [1.29, 1.82) is 0 Å². The Morgan fingerprint density at radius 3 is 2.21 bits per heavy atom. The second kappa shape index (κ2) is 9.45.